The van der Waals surface area contributed by atoms with E-state index >= 15 is 0 Å². The molecule has 0 fully saturated rings. The predicted molar refractivity (Wildman–Crippen MR) is 209 cm³/mol. The lowest BCUT2D eigenvalue weighted by Gasteiger charge is -2.10. The zero-order valence-corrected chi connectivity index (χ0v) is 27.4. The molecule has 4 aromatic heterocycles. The Kier molecular flexibility index (Phi) is 5.89. The van der Waals surface area contributed by atoms with Crippen LogP contribution < -0.4 is 0 Å². The van der Waals surface area contributed by atoms with Crippen molar-refractivity contribution in [3.63, 3.8) is 0 Å². The molecule has 11 rings (SSSR count). The summed E-state index contributed by atoms with van der Waals surface area (Å²) >= 11 is 0. The fraction of sp³-hybridized carbons (Fsp3) is 0. The van der Waals surface area contributed by atoms with E-state index in [1.807, 2.05) is 12.1 Å². The fourth-order valence-corrected chi connectivity index (χ4v) is 7.86. The topological polar surface area (TPSA) is 48.8 Å². The highest BCUT2D eigenvalue weighted by Crippen LogP contribution is 2.37. The van der Waals surface area contributed by atoms with Gasteiger partial charge in [0, 0.05) is 32.6 Å². The smallest absolute Gasteiger partial charge is 0.235 e. The molecule has 0 N–H and O–H groups in total. The number of furan rings is 1. The largest absolute Gasteiger partial charge is 0.453 e. The molecule has 0 bridgehead atoms. The lowest BCUT2D eigenvalue weighted by atomic mass is 10.0. The molecule has 51 heavy (non-hydrogen) atoms. The van der Waals surface area contributed by atoms with E-state index < -0.39 is 0 Å². The highest BCUT2D eigenvalue weighted by atomic mass is 16.3. The maximum Gasteiger partial charge on any atom is 0.235 e. The summed E-state index contributed by atoms with van der Waals surface area (Å²) in [6, 6.07) is 58.0. The van der Waals surface area contributed by atoms with Crippen molar-refractivity contribution in [3.8, 4) is 33.9 Å². The van der Waals surface area contributed by atoms with E-state index in [1.54, 1.807) is 6.20 Å². The lowest BCUT2D eigenvalue weighted by Crippen LogP contribution is -2.00. The Bertz CT molecular complexity index is 3090. The SMILES string of the molecule is c1ccc(-c2ccc3c(c2)c2ccccc2n3-c2ncc3oc4ccc(-c5cccc(-n6c7ccccc7c7ccccc76)c5)cc4c3n2)cc1. The molecule has 0 atom stereocenters. The van der Waals surface area contributed by atoms with E-state index in [1.165, 1.54) is 32.9 Å². The second kappa shape index (κ2) is 10.8. The highest BCUT2D eigenvalue weighted by molar-refractivity contribution is 6.11. The van der Waals surface area contributed by atoms with Crippen LogP contribution in [0.3, 0.4) is 0 Å². The first-order valence-electron chi connectivity index (χ1n) is 17.2. The molecule has 0 radical (unpaired) electrons. The van der Waals surface area contributed by atoms with E-state index in [0.29, 0.717) is 11.5 Å². The molecular weight excluding hydrogens is 625 g/mol. The molecule has 0 amide bonds. The molecule has 5 nitrogen and oxygen atoms in total. The number of nitrogens with zero attached hydrogens (tertiary/aromatic N) is 4. The number of para-hydroxylation sites is 3. The van der Waals surface area contributed by atoms with Gasteiger partial charge in [0.05, 0.1) is 28.3 Å². The molecule has 0 saturated heterocycles. The predicted octanol–water partition coefficient (Wildman–Crippen LogP) is 11.9. The van der Waals surface area contributed by atoms with Crippen LogP contribution in [0, 0.1) is 0 Å². The summed E-state index contributed by atoms with van der Waals surface area (Å²) < 4.78 is 10.8. The first-order chi connectivity index (χ1) is 25.3. The number of hydrogen-bond acceptors (Lipinski definition) is 3. The van der Waals surface area contributed by atoms with E-state index in [-0.39, 0.29) is 0 Å². The van der Waals surface area contributed by atoms with Crippen LogP contribution in [0.2, 0.25) is 0 Å². The molecule has 11 aromatic rings. The zero-order chi connectivity index (χ0) is 33.5. The Morgan fingerprint density at radius 3 is 1.73 bits per heavy atom. The zero-order valence-electron chi connectivity index (χ0n) is 27.4. The van der Waals surface area contributed by atoms with Gasteiger partial charge in [-0.05, 0) is 76.9 Å². The molecule has 7 aromatic carbocycles. The van der Waals surface area contributed by atoms with Gasteiger partial charge in [-0.3, -0.25) is 4.57 Å². The van der Waals surface area contributed by atoms with Crippen molar-refractivity contribution in [2.24, 2.45) is 0 Å². The molecular formula is C46H28N4O. The standard InChI is InChI=1S/C46H28N4O/c1-2-11-29(12-3-1)31-21-23-42-37(26-31)36-17-6-9-20-41(36)50(42)46-47-28-44-45(48-46)38-27-32(22-24-43(38)51-44)30-13-10-14-33(25-30)49-39-18-7-4-15-34(39)35-16-5-8-19-40(35)49/h1-28H. The van der Waals surface area contributed by atoms with E-state index in [0.717, 1.165) is 55.1 Å². The van der Waals surface area contributed by atoms with Crippen molar-refractivity contribution in [1.29, 1.82) is 0 Å². The third kappa shape index (κ3) is 4.22. The van der Waals surface area contributed by atoms with Gasteiger partial charge >= 0.3 is 0 Å². The molecule has 0 aliphatic rings. The quantitative estimate of drug-likeness (QED) is 0.190. The summed E-state index contributed by atoms with van der Waals surface area (Å²) in [5.74, 6) is 0.614. The van der Waals surface area contributed by atoms with Gasteiger partial charge in [0.2, 0.25) is 5.95 Å². The van der Waals surface area contributed by atoms with Crippen molar-refractivity contribution >= 4 is 65.7 Å². The van der Waals surface area contributed by atoms with Crippen molar-refractivity contribution in [1.82, 2.24) is 19.1 Å². The number of aromatic nitrogens is 4. The third-order valence-corrected chi connectivity index (χ3v) is 10.2. The van der Waals surface area contributed by atoms with Crippen molar-refractivity contribution in [2.75, 3.05) is 0 Å². The minimum atomic E-state index is 0.614. The average molecular weight is 653 g/mol. The second-order valence-electron chi connectivity index (χ2n) is 13.1. The summed E-state index contributed by atoms with van der Waals surface area (Å²) in [5.41, 5.74) is 12.5. The van der Waals surface area contributed by atoms with Crippen molar-refractivity contribution in [2.45, 2.75) is 0 Å². The molecule has 5 heteroatoms. The maximum absolute atomic E-state index is 6.30. The van der Waals surface area contributed by atoms with Gasteiger partial charge in [-0.2, -0.15) is 0 Å². The van der Waals surface area contributed by atoms with Crippen LogP contribution in [-0.4, -0.2) is 19.1 Å². The van der Waals surface area contributed by atoms with Crippen LogP contribution >= 0.6 is 0 Å². The molecule has 0 saturated carbocycles. The Morgan fingerprint density at radius 2 is 0.961 bits per heavy atom. The average Bonchev–Trinajstić information content (AvgIpc) is 3.85. The first-order valence-corrected chi connectivity index (χ1v) is 17.2. The van der Waals surface area contributed by atoms with E-state index in [4.69, 9.17) is 14.4 Å². The monoisotopic (exact) mass is 652 g/mol. The molecule has 238 valence electrons. The van der Waals surface area contributed by atoms with Gasteiger partial charge in [0.15, 0.2) is 5.58 Å². The van der Waals surface area contributed by atoms with Gasteiger partial charge in [0.1, 0.15) is 11.1 Å². The minimum Gasteiger partial charge on any atom is -0.453 e. The van der Waals surface area contributed by atoms with Crippen LogP contribution in [0.4, 0.5) is 0 Å². The summed E-state index contributed by atoms with van der Waals surface area (Å²) in [7, 11) is 0. The molecule has 0 spiro atoms. The highest BCUT2D eigenvalue weighted by Gasteiger charge is 2.18. The number of hydrogen-bond donors (Lipinski definition) is 0. The second-order valence-corrected chi connectivity index (χ2v) is 13.1. The summed E-state index contributed by atoms with van der Waals surface area (Å²) in [6.45, 7) is 0. The summed E-state index contributed by atoms with van der Waals surface area (Å²) in [5, 5.41) is 5.79. The Labute approximate surface area is 292 Å². The van der Waals surface area contributed by atoms with Crippen LogP contribution in [0.1, 0.15) is 0 Å². The normalized spacial score (nSPS) is 11.9. The van der Waals surface area contributed by atoms with Crippen LogP contribution in [-0.2, 0) is 0 Å². The van der Waals surface area contributed by atoms with Gasteiger partial charge in [-0.1, -0.05) is 109 Å². The molecule has 0 aliphatic heterocycles. The van der Waals surface area contributed by atoms with Crippen molar-refractivity contribution in [3.05, 3.63) is 170 Å². The number of rotatable bonds is 4. The number of benzene rings is 7. The Morgan fingerprint density at radius 1 is 0.392 bits per heavy atom. The number of fused-ring (bicyclic) bond motifs is 9. The van der Waals surface area contributed by atoms with Crippen LogP contribution in [0.5, 0.6) is 0 Å². The van der Waals surface area contributed by atoms with Crippen LogP contribution in [0.25, 0.3) is 99.6 Å². The van der Waals surface area contributed by atoms with Crippen LogP contribution in [0.15, 0.2) is 174 Å². The third-order valence-electron chi connectivity index (χ3n) is 10.2. The molecule has 0 unspecified atom stereocenters. The molecule has 0 aliphatic carbocycles. The molecule has 4 heterocycles. The Hall–Kier alpha value is -6.98. The van der Waals surface area contributed by atoms with E-state index in [9.17, 15) is 0 Å². The van der Waals surface area contributed by atoms with Gasteiger partial charge < -0.3 is 8.98 Å². The van der Waals surface area contributed by atoms with Crippen molar-refractivity contribution < 1.29 is 4.42 Å². The fourth-order valence-electron chi connectivity index (χ4n) is 7.86. The van der Waals surface area contributed by atoms with E-state index in [2.05, 4.69) is 161 Å². The minimum absolute atomic E-state index is 0.614. The first kappa shape index (κ1) is 27.9. The van der Waals surface area contributed by atoms with Gasteiger partial charge in [0.25, 0.3) is 0 Å². The summed E-state index contributed by atoms with van der Waals surface area (Å²) in [6.07, 6.45) is 1.80. The Balaban J connectivity index is 1.06. The van der Waals surface area contributed by atoms with Gasteiger partial charge in [-0.25, -0.2) is 9.97 Å². The lowest BCUT2D eigenvalue weighted by molar-refractivity contribution is 0.665. The maximum atomic E-state index is 6.30. The van der Waals surface area contributed by atoms with Gasteiger partial charge in [-0.15, -0.1) is 0 Å². The summed E-state index contributed by atoms with van der Waals surface area (Å²) in [4.78, 5) is 10.1.